The molecule has 23 heavy (non-hydrogen) atoms. The molecule has 0 spiro atoms. The van der Waals surface area contributed by atoms with Gasteiger partial charge in [-0.1, -0.05) is 29.8 Å². The van der Waals surface area contributed by atoms with Gasteiger partial charge in [0.25, 0.3) is 0 Å². The molecule has 0 radical (unpaired) electrons. The lowest BCUT2D eigenvalue weighted by molar-refractivity contribution is -0.126. The van der Waals surface area contributed by atoms with E-state index in [-0.39, 0.29) is 18.4 Å². The van der Waals surface area contributed by atoms with E-state index in [2.05, 4.69) is 16.0 Å². The molecule has 1 heterocycles. The summed E-state index contributed by atoms with van der Waals surface area (Å²) in [6.45, 7) is 4.82. The van der Waals surface area contributed by atoms with E-state index in [0.29, 0.717) is 25.3 Å². The molecule has 1 saturated heterocycles. The highest BCUT2D eigenvalue weighted by Gasteiger charge is 2.14. The van der Waals surface area contributed by atoms with Gasteiger partial charge in [-0.3, -0.25) is 9.59 Å². The van der Waals surface area contributed by atoms with Crippen molar-refractivity contribution >= 4 is 11.8 Å². The van der Waals surface area contributed by atoms with E-state index in [1.807, 2.05) is 31.2 Å². The first-order chi connectivity index (χ1) is 11.1. The molecule has 126 valence electrons. The van der Waals surface area contributed by atoms with Crippen LogP contribution in [0, 0.1) is 12.8 Å². The molecule has 2 rings (SSSR count). The average molecular weight is 317 g/mol. The molecule has 2 amide bonds. The molecular formula is C18H27N3O2. The van der Waals surface area contributed by atoms with Crippen molar-refractivity contribution in [3.8, 4) is 0 Å². The first-order valence-electron chi connectivity index (χ1n) is 8.43. The topological polar surface area (TPSA) is 70.2 Å². The standard InChI is InChI=1S/C18H27N3O2/c1-14-4-6-15(7-5-14)8-9-17(22)21-13-18(23)20-12-16-3-2-10-19-11-16/h4-7,16,19H,2-3,8-13H2,1H3,(H,20,23)(H,21,22). The van der Waals surface area contributed by atoms with Crippen molar-refractivity contribution in [3.63, 3.8) is 0 Å². The second-order valence-electron chi connectivity index (χ2n) is 6.28. The summed E-state index contributed by atoms with van der Waals surface area (Å²) in [6.07, 6.45) is 3.41. The minimum atomic E-state index is -0.112. The van der Waals surface area contributed by atoms with Crippen LogP contribution in [0.2, 0.25) is 0 Å². The molecule has 1 atom stereocenters. The number of hydrogen-bond donors (Lipinski definition) is 3. The summed E-state index contributed by atoms with van der Waals surface area (Å²) in [5.74, 6) is 0.309. The van der Waals surface area contributed by atoms with E-state index >= 15 is 0 Å². The van der Waals surface area contributed by atoms with Gasteiger partial charge in [0.15, 0.2) is 0 Å². The van der Waals surface area contributed by atoms with E-state index < -0.39 is 0 Å². The summed E-state index contributed by atoms with van der Waals surface area (Å²) in [5.41, 5.74) is 2.35. The summed E-state index contributed by atoms with van der Waals surface area (Å²) in [4.78, 5) is 23.5. The number of amides is 2. The number of aryl methyl sites for hydroxylation is 2. The Bertz CT molecular complexity index is 508. The Morgan fingerprint density at radius 1 is 1.17 bits per heavy atom. The molecule has 1 aromatic carbocycles. The minimum Gasteiger partial charge on any atom is -0.354 e. The van der Waals surface area contributed by atoms with Crippen LogP contribution in [-0.2, 0) is 16.0 Å². The Balaban J connectivity index is 1.57. The van der Waals surface area contributed by atoms with E-state index in [4.69, 9.17) is 0 Å². The monoisotopic (exact) mass is 317 g/mol. The van der Waals surface area contributed by atoms with Crippen molar-refractivity contribution in [2.45, 2.75) is 32.6 Å². The molecule has 1 aliphatic heterocycles. The fraction of sp³-hybridized carbons (Fsp3) is 0.556. The minimum absolute atomic E-state index is 0.0624. The Hall–Kier alpha value is -1.88. The van der Waals surface area contributed by atoms with Crippen molar-refractivity contribution in [3.05, 3.63) is 35.4 Å². The number of nitrogens with one attached hydrogen (secondary N) is 3. The van der Waals surface area contributed by atoms with Crippen LogP contribution >= 0.6 is 0 Å². The predicted molar refractivity (Wildman–Crippen MR) is 91.1 cm³/mol. The van der Waals surface area contributed by atoms with Gasteiger partial charge in [-0.2, -0.15) is 0 Å². The zero-order valence-corrected chi connectivity index (χ0v) is 13.9. The van der Waals surface area contributed by atoms with E-state index in [1.54, 1.807) is 0 Å². The third-order valence-corrected chi connectivity index (χ3v) is 4.19. The third kappa shape index (κ3) is 6.82. The Morgan fingerprint density at radius 3 is 2.65 bits per heavy atom. The van der Waals surface area contributed by atoms with Gasteiger partial charge in [-0.05, 0) is 50.8 Å². The number of benzene rings is 1. The van der Waals surface area contributed by atoms with Crippen LogP contribution in [0.15, 0.2) is 24.3 Å². The van der Waals surface area contributed by atoms with Crippen LogP contribution < -0.4 is 16.0 Å². The molecule has 1 fully saturated rings. The summed E-state index contributed by atoms with van der Waals surface area (Å²) in [5, 5.41) is 8.90. The summed E-state index contributed by atoms with van der Waals surface area (Å²) >= 11 is 0. The lowest BCUT2D eigenvalue weighted by atomic mass is 10.00. The normalized spacial score (nSPS) is 17.5. The lowest BCUT2D eigenvalue weighted by Gasteiger charge is -2.22. The highest BCUT2D eigenvalue weighted by atomic mass is 16.2. The zero-order valence-electron chi connectivity index (χ0n) is 13.9. The molecule has 3 N–H and O–H groups in total. The molecule has 1 unspecified atom stereocenters. The second-order valence-corrected chi connectivity index (χ2v) is 6.28. The summed E-state index contributed by atoms with van der Waals surface area (Å²) in [6, 6.07) is 8.16. The van der Waals surface area contributed by atoms with Crippen LogP contribution in [0.4, 0.5) is 0 Å². The van der Waals surface area contributed by atoms with E-state index in [0.717, 1.165) is 31.5 Å². The first-order valence-corrected chi connectivity index (χ1v) is 8.43. The van der Waals surface area contributed by atoms with Gasteiger partial charge in [0, 0.05) is 13.0 Å². The second kappa shape index (κ2) is 9.30. The largest absolute Gasteiger partial charge is 0.354 e. The molecule has 5 heteroatoms. The zero-order chi connectivity index (χ0) is 16.5. The van der Waals surface area contributed by atoms with Crippen molar-refractivity contribution in [1.82, 2.24) is 16.0 Å². The van der Waals surface area contributed by atoms with Gasteiger partial charge in [-0.15, -0.1) is 0 Å². The molecule has 1 aromatic rings. The molecule has 0 aliphatic carbocycles. The quantitative estimate of drug-likeness (QED) is 0.707. The van der Waals surface area contributed by atoms with Crippen molar-refractivity contribution in [2.24, 2.45) is 5.92 Å². The molecule has 0 saturated carbocycles. The van der Waals surface area contributed by atoms with E-state index in [9.17, 15) is 9.59 Å². The fourth-order valence-corrected chi connectivity index (χ4v) is 2.70. The number of hydrogen-bond acceptors (Lipinski definition) is 3. The number of rotatable bonds is 7. The van der Waals surface area contributed by atoms with Crippen LogP contribution in [0.1, 0.15) is 30.4 Å². The van der Waals surface area contributed by atoms with Crippen molar-refractivity contribution in [2.75, 3.05) is 26.2 Å². The van der Waals surface area contributed by atoms with Crippen molar-refractivity contribution < 1.29 is 9.59 Å². The number of carbonyl (C=O) groups excluding carboxylic acids is 2. The third-order valence-electron chi connectivity index (χ3n) is 4.19. The van der Waals surface area contributed by atoms with Crippen LogP contribution in [-0.4, -0.2) is 38.0 Å². The van der Waals surface area contributed by atoms with Crippen LogP contribution in [0.3, 0.4) is 0 Å². The summed E-state index contributed by atoms with van der Waals surface area (Å²) in [7, 11) is 0. The van der Waals surface area contributed by atoms with Gasteiger partial charge in [0.2, 0.25) is 11.8 Å². The first kappa shape index (κ1) is 17.5. The molecule has 5 nitrogen and oxygen atoms in total. The number of piperidine rings is 1. The Kier molecular flexibility index (Phi) is 7.07. The van der Waals surface area contributed by atoms with Gasteiger partial charge in [0.05, 0.1) is 6.54 Å². The van der Waals surface area contributed by atoms with Gasteiger partial charge in [-0.25, -0.2) is 0 Å². The molecule has 1 aliphatic rings. The number of carbonyl (C=O) groups is 2. The maximum absolute atomic E-state index is 11.8. The SMILES string of the molecule is Cc1ccc(CCC(=O)NCC(=O)NCC2CCCNC2)cc1. The maximum Gasteiger partial charge on any atom is 0.239 e. The van der Waals surface area contributed by atoms with Crippen LogP contribution in [0.5, 0.6) is 0 Å². The van der Waals surface area contributed by atoms with Crippen LogP contribution in [0.25, 0.3) is 0 Å². The lowest BCUT2D eigenvalue weighted by Crippen LogP contribution is -2.42. The van der Waals surface area contributed by atoms with Gasteiger partial charge in [0.1, 0.15) is 0 Å². The maximum atomic E-state index is 11.8. The summed E-state index contributed by atoms with van der Waals surface area (Å²) < 4.78 is 0. The van der Waals surface area contributed by atoms with Crippen molar-refractivity contribution in [1.29, 1.82) is 0 Å². The van der Waals surface area contributed by atoms with Gasteiger partial charge < -0.3 is 16.0 Å². The smallest absolute Gasteiger partial charge is 0.239 e. The predicted octanol–water partition coefficient (Wildman–Crippen LogP) is 1.16. The molecule has 0 bridgehead atoms. The fourth-order valence-electron chi connectivity index (χ4n) is 2.70. The Labute approximate surface area is 138 Å². The van der Waals surface area contributed by atoms with E-state index in [1.165, 1.54) is 5.56 Å². The molecule has 0 aromatic heterocycles. The highest BCUT2D eigenvalue weighted by Crippen LogP contribution is 2.08. The Morgan fingerprint density at radius 2 is 1.96 bits per heavy atom. The molecular weight excluding hydrogens is 290 g/mol. The van der Waals surface area contributed by atoms with Gasteiger partial charge >= 0.3 is 0 Å². The average Bonchev–Trinajstić information content (AvgIpc) is 2.58. The highest BCUT2D eigenvalue weighted by molar-refractivity contribution is 5.84.